The molecule has 7 aromatic carbocycles. The summed E-state index contributed by atoms with van der Waals surface area (Å²) in [6.07, 6.45) is 6.61. The molecule has 1 aliphatic carbocycles. The smallest absolute Gasteiger partial charge is 0.0642 e. The van der Waals surface area contributed by atoms with Crippen LogP contribution in [0, 0.1) is 0 Å². The monoisotopic (exact) mass is 728 g/mol. The number of anilines is 4. The molecule has 1 fully saturated rings. The zero-order valence-electron chi connectivity index (χ0n) is 32.4. The third-order valence-corrected chi connectivity index (χ3v) is 12.0. The average molecular weight is 729 g/mol. The predicted octanol–water partition coefficient (Wildman–Crippen LogP) is 13.6. The number of fused-ring (bicyclic) bond motifs is 3. The minimum Gasteiger partial charge on any atom is -0.378 e. The van der Waals surface area contributed by atoms with Crippen LogP contribution in [-0.4, -0.2) is 26.3 Å². The first-order chi connectivity index (χ1) is 27.6. The van der Waals surface area contributed by atoms with Crippen molar-refractivity contribution < 1.29 is 4.74 Å². The Hall–Kier alpha value is -6.16. The van der Waals surface area contributed by atoms with E-state index in [2.05, 4.69) is 206 Å². The van der Waals surface area contributed by atoms with E-state index < -0.39 is 0 Å². The molecule has 56 heavy (non-hydrogen) atoms. The molecule has 1 saturated heterocycles. The highest BCUT2D eigenvalue weighted by Gasteiger charge is 2.41. The van der Waals surface area contributed by atoms with Crippen LogP contribution >= 0.6 is 0 Å². The molecule has 0 bridgehead atoms. The van der Waals surface area contributed by atoms with E-state index in [1.807, 2.05) is 0 Å². The number of hydrogen-bond acceptors (Lipinski definition) is 3. The average Bonchev–Trinajstić information content (AvgIpc) is 3.55. The van der Waals surface area contributed by atoms with Crippen LogP contribution in [0.15, 0.2) is 170 Å². The van der Waals surface area contributed by atoms with E-state index in [1.165, 1.54) is 67.0 Å². The van der Waals surface area contributed by atoms with Crippen molar-refractivity contribution in [2.24, 2.45) is 0 Å². The van der Waals surface area contributed by atoms with E-state index >= 15 is 0 Å². The molecule has 0 atom stereocenters. The molecule has 1 aliphatic heterocycles. The summed E-state index contributed by atoms with van der Waals surface area (Å²) < 4.78 is 5.67. The highest BCUT2D eigenvalue weighted by atomic mass is 16.5. The Morgan fingerprint density at radius 1 is 0.500 bits per heavy atom. The second-order valence-electron chi connectivity index (χ2n) is 15.0. The Kier molecular flexibility index (Phi) is 9.85. The van der Waals surface area contributed by atoms with Gasteiger partial charge >= 0.3 is 0 Å². The summed E-state index contributed by atoms with van der Waals surface area (Å²) in [6, 6.07) is 62.3. The molecular formula is C53H48N2O. The standard InChI is InChI=1S/C53H48N2O/c1-3-53(4-2)51-34-40(24-28-49(51)50-29-27-47(38-52(50)53)55(45-16-10-6-11-17-45)46-18-12-7-13-19-46)21-20-39-22-25-42(26-23-39)44-35-43(41-14-8-5-9-15-41)36-48(37-44)54-30-32-56-33-31-54/h5-29,34-38H,3-4,30-33H2,1-2H3/b21-20+. The number of rotatable bonds is 10. The van der Waals surface area contributed by atoms with Crippen LogP contribution < -0.4 is 9.80 Å². The normalized spacial score (nSPS) is 14.4. The van der Waals surface area contributed by atoms with Gasteiger partial charge in [0.2, 0.25) is 0 Å². The van der Waals surface area contributed by atoms with Gasteiger partial charge in [-0.3, -0.25) is 0 Å². The van der Waals surface area contributed by atoms with Crippen molar-refractivity contribution in [1.82, 2.24) is 0 Å². The van der Waals surface area contributed by atoms with E-state index in [0.29, 0.717) is 0 Å². The fourth-order valence-electron chi connectivity index (χ4n) is 8.92. The van der Waals surface area contributed by atoms with Gasteiger partial charge in [-0.1, -0.05) is 141 Å². The fourth-order valence-corrected chi connectivity index (χ4v) is 8.92. The lowest BCUT2D eigenvalue weighted by atomic mass is 9.73. The summed E-state index contributed by atoms with van der Waals surface area (Å²) in [5, 5.41) is 0. The fraction of sp³-hybridized carbons (Fsp3) is 0.170. The maximum absolute atomic E-state index is 5.67. The molecule has 0 N–H and O–H groups in total. The van der Waals surface area contributed by atoms with E-state index in [9.17, 15) is 0 Å². The number of para-hydroxylation sites is 2. The van der Waals surface area contributed by atoms with Crippen LogP contribution in [-0.2, 0) is 10.2 Å². The molecule has 2 aliphatic rings. The second-order valence-corrected chi connectivity index (χ2v) is 15.0. The van der Waals surface area contributed by atoms with Crippen molar-refractivity contribution in [3.05, 3.63) is 192 Å². The number of nitrogens with zero attached hydrogens (tertiary/aromatic N) is 2. The van der Waals surface area contributed by atoms with E-state index in [-0.39, 0.29) is 5.41 Å². The number of hydrogen-bond donors (Lipinski definition) is 0. The molecule has 7 aromatic rings. The molecule has 0 saturated carbocycles. The van der Waals surface area contributed by atoms with E-state index in [4.69, 9.17) is 4.74 Å². The topological polar surface area (TPSA) is 15.7 Å². The molecule has 1 heterocycles. The Balaban J connectivity index is 1.01. The highest BCUT2D eigenvalue weighted by Crippen LogP contribution is 2.54. The lowest BCUT2D eigenvalue weighted by molar-refractivity contribution is 0.122. The first kappa shape index (κ1) is 35.5. The van der Waals surface area contributed by atoms with Gasteiger partial charge in [0.25, 0.3) is 0 Å². The maximum atomic E-state index is 5.67. The summed E-state index contributed by atoms with van der Waals surface area (Å²) in [5.41, 5.74) is 17.6. The predicted molar refractivity (Wildman–Crippen MR) is 237 cm³/mol. The van der Waals surface area contributed by atoms with Crippen molar-refractivity contribution in [2.75, 3.05) is 36.1 Å². The minimum atomic E-state index is -0.0560. The van der Waals surface area contributed by atoms with E-state index in [0.717, 1.165) is 50.5 Å². The van der Waals surface area contributed by atoms with Gasteiger partial charge in [-0.25, -0.2) is 0 Å². The Bertz CT molecular complexity index is 2420. The van der Waals surface area contributed by atoms with Crippen LogP contribution in [0.5, 0.6) is 0 Å². The second kappa shape index (κ2) is 15.5. The summed E-state index contributed by atoms with van der Waals surface area (Å²) in [4.78, 5) is 4.82. The molecule has 0 radical (unpaired) electrons. The molecule has 0 amide bonds. The van der Waals surface area contributed by atoms with Gasteiger partial charge in [0.1, 0.15) is 0 Å². The van der Waals surface area contributed by atoms with Crippen LogP contribution in [0.1, 0.15) is 48.9 Å². The van der Waals surface area contributed by atoms with Gasteiger partial charge < -0.3 is 14.5 Å². The number of morpholine rings is 1. The summed E-state index contributed by atoms with van der Waals surface area (Å²) in [6.45, 7) is 8.07. The first-order valence-corrected chi connectivity index (χ1v) is 20.1. The molecule has 9 rings (SSSR count). The third kappa shape index (κ3) is 6.73. The van der Waals surface area contributed by atoms with Gasteiger partial charge in [-0.2, -0.15) is 0 Å². The van der Waals surface area contributed by atoms with Crippen molar-refractivity contribution >= 4 is 34.9 Å². The van der Waals surface area contributed by atoms with Gasteiger partial charge in [0.15, 0.2) is 0 Å². The molecule has 0 spiro atoms. The van der Waals surface area contributed by atoms with Gasteiger partial charge in [-0.15, -0.1) is 0 Å². The highest BCUT2D eigenvalue weighted by molar-refractivity contribution is 5.87. The number of ether oxygens (including phenoxy) is 1. The van der Waals surface area contributed by atoms with Crippen LogP contribution in [0.4, 0.5) is 22.7 Å². The lowest BCUT2D eigenvalue weighted by Crippen LogP contribution is -2.36. The number of benzene rings is 7. The summed E-state index contributed by atoms with van der Waals surface area (Å²) >= 11 is 0. The quantitative estimate of drug-likeness (QED) is 0.130. The van der Waals surface area contributed by atoms with Crippen LogP contribution in [0.3, 0.4) is 0 Å². The molecule has 276 valence electrons. The van der Waals surface area contributed by atoms with Crippen molar-refractivity contribution in [3.63, 3.8) is 0 Å². The van der Waals surface area contributed by atoms with E-state index in [1.54, 1.807) is 0 Å². The SMILES string of the molecule is CCC1(CC)c2cc(/C=C/c3ccc(-c4cc(-c5ccccc5)cc(N5CCOCC5)c4)cc3)ccc2-c2ccc(N(c3ccccc3)c3ccccc3)cc21. The van der Waals surface area contributed by atoms with Crippen LogP contribution in [0.25, 0.3) is 45.5 Å². The third-order valence-electron chi connectivity index (χ3n) is 12.0. The largest absolute Gasteiger partial charge is 0.378 e. The summed E-state index contributed by atoms with van der Waals surface area (Å²) in [5.74, 6) is 0. The Labute approximate surface area is 332 Å². The van der Waals surface area contributed by atoms with Crippen molar-refractivity contribution in [3.8, 4) is 33.4 Å². The Morgan fingerprint density at radius 3 is 1.62 bits per heavy atom. The zero-order valence-corrected chi connectivity index (χ0v) is 32.4. The Morgan fingerprint density at radius 2 is 1.02 bits per heavy atom. The lowest BCUT2D eigenvalue weighted by Gasteiger charge is -2.32. The van der Waals surface area contributed by atoms with Crippen molar-refractivity contribution in [1.29, 1.82) is 0 Å². The molecule has 0 aromatic heterocycles. The van der Waals surface area contributed by atoms with Gasteiger partial charge in [-0.05, 0) is 123 Å². The van der Waals surface area contributed by atoms with Crippen LogP contribution in [0.2, 0.25) is 0 Å². The minimum absolute atomic E-state index is 0.0560. The maximum Gasteiger partial charge on any atom is 0.0642 e. The molecule has 3 heteroatoms. The molecular weight excluding hydrogens is 681 g/mol. The summed E-state index contributed by atoms with van der Waals surface area (Å²) in [7, 11) is 0. The molecule has 3 nitrogen and oxygen atoms in total. The van der Waals surface area contributed by atoms with Gasteiger partial charge in [0, 0.05) is 41.3 Å². The van der Waals surface area contributed by atoms with Gasteiger partial charge in [0.05, 0.1) is 13.2 Å². The molecule has 0 unspecified atom stereocenters. The first-order valence-electron chi connectivity index (χ1n) is 20.1. The zero-order chi connectivity index (χ0) is 37.9. The van der Waals surface area contributed by atoms with Crippen molar-refractivity contribution in [2.45, 2.75) is 32.1 Å².